The summed E-state index contributed by atoms with van der Waals surface area (Å²) in [6, 6.07) is 16.1. The van der Waals surface area contributed by atoms with E-state index < -0.39 is 0 Å². The van der Waals surface area contributed by atoms with E-state index in [0.717, 1.165) is 40.9 Å². The van der Waals surface area contributed by atoms with Crippen LogP contribution in [0.4, 0.5) is 11.4 Å². The summed E-state index contributed by atoms with van der Waals surface area (Å²) in [5.41, 5.74) is 5.10. The maximum atomic E-state index is 11.3. The molecule has 0 spiro atoms. The highest BCUT2D eigenvalue weighted by Crippen LogP contribution is 2.37. The number of para-hydroxylation sites is 2. The number of aromatic nitrogens is 2. The summed E-state index contributed by atoms with van der Waals surface area (Å²) in [6.07, 6.45) is 5.63. The smallest absolute Gasteiger partial charge is 0.142 e. The van der Waals surface area contributed by atoms with Gasteiger partial charge in [0.05, 0.1) is 29.3 Å². The van der Waals surface area contributed by atoms with Crippen LogP contribution in [0.3, 0.4) is 0 Å². The van der Waals surface area contributed by atoms with Gasteiger partial charge in [-0.15, -0.1) is 0 Å². The van der Waals surface area contributed by atoms with E-state index in [1.807, 2.05) is 59.5 Å². The number of aldehydes is 1. The molecular weight excluding hydrogens is 312 g/mol. The summed E-state index contributed by atoms with van der Waals surface area (Å²) < 4.78 is 1.87. The standard InChI is InChI=1S/C20H20N4O/c1-14-10-16(13-25)23-19-9-5-8-18(20(19)22-14)15-11-21-24(12-15)17-6-3-2-4-7-17/h2-9,11-14,16,22-23H,10H2,1H3/t14-,16?/m1/s1. The molecule has 3 aromatic rings. The zero-order valence-electron chi connectivity index (χ0n) is 14.0. The van der Waals surface area contributed by atoms with Gasteiger partial charge >= 0.3 is 0 Å². The van der Waals surface area contributed by atoms with Crippen molar-refractivity contribution in [2.45, 2.75) is 25.4 Å². The topological polar surface area (TPSA) is 59.0 Å². The van der Waals surface area contributed by atoms with Gasteiger partial charge in [-0.2, -0.15) is 5.10 Å². The lowest BCUT2D eigenvalue weighted by atomic mass is 10.1. The maximum Gasteiger partial charge on any atom is 0.142 e. The van der Waals surface area contributed by atoms with Gasteiger partial charge in [-0.3, -0.25) is 0 Å². The number of hydrogen-bond donors (Lipinski definition) is 2. The summed E-state index contributed by atoms with van der Waals surface area (Å²) in [5.74, 6) is 0. The Bertz CT molecular complexity index is 888. The third-order valence-electron chi connectivity index (χ3n) is 4.48. The molecule has 0 saturated heterocycles. The lowest BCUT2D eigenvalue weighted by Crippen LogP contribution is -2.25. The Balaban J connectivity index is 1.75. The molecule has 5 heteroatoms. The highest BCUT2D eigenvalue weighted by molar-refractivity contribution is 5.88. The predicted octanol–water partition coefficient (Wildman–Crippen LogP) is 3.72. The SMILES string of the molecule is C[C@@H]1CC(C=O)Nc2cccc(-c3cnn(-c4ccccc4)c3)c2N1. The fourth-order valence-electron chi connectivity index (χ4n) is 3.29. The fraction of sp³-hybridized carbons (Fsp3) is 0.200. The molecule has 2 N–H and O–H groups in total. The summed E-state index contributed by atoms with van der Waals surface area (Å²) in [5, 5.41) is 11.4. The van der Waals surface area contributed by atoms with Crippen LogP contribution < -0.4 is 10.6 Å². The van der Waals surface area contributed by atoms with Crippen LogP contribution in [0.15, 0.2) is 60.9 Å². The number of carbonyl (C=O) groups excluding carboxylic acids is 1. The van der Waals surface area contributed by atoms with Crippen molar-refractivity contribution in [1.29, 1.82) is 0 Å². The zero-order valence-corrected chi connectivity index (χ0v) is 14.0. The van der Waals surface area contributed by atoms with Gasteiger partial charge in [-0.05, 0) is 31.5 Å². The van der Waals surface area contributed by atoms with Crippen LogP contribution in [0.2, 0.25) is 0 Å². The number of fused-ring (bicyclic) bond motifs is 1. The highest BCUT2D eigenvalue weighted by Gasteiger charge is 2.22. The quantitative estimate of drug-likeness (QED) is 0.718. The molecule has 2 aromatic carbocycles. The second kappa shape index (κ2) is 6.43. The number of rotatable bonds is 3. The third-order valence-corrected chi connectivity index (χ3v) is 4.48. The molecule has 1 unspecified atom stereocenters. The van der Waals surface area contributed by atoms with Gasteiger partial charge in [0, 0.05) is 23.4 Å². The molecule has 0 saturated carbocycles. The van der Waals surface area contributed by atoms with E-state index in [4.69, 9.17) is 0 Å². The highest BCUT2D eigenvalue weighted by atomic mass is 16.1. The van der Waals surface area contributed by atoms with Gasteiger partial charge < -0.3 is 15.4 Å². The van der Waals surface area contributed by atoms with Crippen LogP contribution in [0, 0.1) is 0 Å². The van der Waals surface area contributed by atoms with Gasteiger partial charge in [-0.25, -0.2) is 4.68 Å². The molecule has 0 amide bonds. The minimum Gasteiger partial charge on any atom is -0.380 e. The monoisotopic (exact) mass is 332 g/mol. The van der Waals surface area contributed by atoms with Crippen LogP contribution in [-0.2, 0) is 4.79 Å². The average molecular weight is 332 g/mol. The summed E-state index contributed by atoms with van der Waals surface area (Å²) in [7, 11) is 0. The number of anilines is 2. The molecule has 4 rings (SSSR count). The average Bonchev–Trinajstić information content (AvgIpc) is 3.06. The molecule has 1 aliphatic heterocycles. The lowest BCUT2D eigenvalue weighted by molar-refractivity contribution is -0.108. The van der Waals surface area contributed by atoms with E-state index in [1.54, 1.807) is 0 Å². The van der Waals surface area contributed by atoms with E-state index in [1.165, 1.54) is 0 Å². The second-order valence-corrected chi connectivity index (χ2v) is 6.41. The fourth-order valence-corrected chi connectivity index (χ4v) is 3.29. The molecular formula is C20H20N4O. The van der Waals surface area contributed by atoms with E-state index >= 15 is 0 Å². The molecule has 2 atom stereocenters. The van der Waals surface area contributed by atoms with Crippen molar-refractivity contribution in [2.75, 3.05) is 10.6 Å². The second-order valence-electron chi connectivity index (χ2n) is 6.41. The van der Waals surface area contributed by atoms with Crippen LogP contribution in [0.5, 0.6) is 0 Å². The van der Waals surface area contributed by atoms with Crippen molar-refractivity contribution < 1.29 is 4.79 Å². The molecule has 2 heterocycles. The van der Waals surface area contributed by atoms with Crippen molar-refractivity contribution >= 4 is 17.7 Å². The Morgan fingerprint density at radius 1 is 1.12 bits per heavy atom. The summed E-state index contributed by atoms with van der Waals surface area (Å²) >= 11 is 0. The normalized spacial score (nSPS) is 19.2. The molecule has 0 radical (unpaired) electrons. The molecule has 0 fully saturated rings. The van der Waals surface area contributed by atoms with Gasteiger partial charge in [0.2, 0.25) is 0 Å². The van der Waals surface area contributed by atoms with Crippen molar-refractivity contribution in [3.8, 4) is 16.8 Å². The van der Waals surface area contributed by atoms with Crippen molar-refractivity contribution in [3.05, 3.63) is 60.9 Å². The first kappa shape index (κ1) is 15.4. The Morgan fingerprint density at radius 2 is 1.96 bits per heavy atom. The number of nitrogens with zero attached hydrogens (tertiary/aromatic N) is 2. The number of nitrogens with one attached hydrogen (secondary N) is 2. The van der Waals surface area contributed by atoms with Gasteiger partial charge in [-0.1, -0.05) is 30.3 Å². The van der Waals surface area contributed by atoms with E-state index in [-0.39, 0.29) is 12.1 Å². The van der Waals surface area contributed by atoms with Crippen LogP contribution in [0.25, 0.3) is 16.8 Å². The summed E-state index contributed by atoms with van der Waals surface area (Å²) in [4.78, 5) is 11.3. The largest absolute Gasteiger partial charge is 0.380 e. The van der Waals surface area contributed by atoms with Crippen LogP contribution >= 0.6 is 0 Å². The van der Waals surface area contributed by atoms with Gasteiger partial charge in [0.1, 0.15) is 6.29 Å². The Hall–Kier alpha value is -3.08. The first-order valence-electron chi connectivity index (χ1n) is 8.46. The van der Waals surface area contributed by atoms with Gasteiger partial charge in [0.15, 0.2) is 0 Å². The summed E-state index contributed by atoms with van der Waals surface area (Å²) in [6.45, 7) is 2.09. The van der Waals surface area contributed by atoms with E-state index in [9.17, 15) is 4.79 Å². The first-order valence-corrected chi connectivity index (χ1v) is 8.46. The van der Waals surface area contributed by atoms with Crippen molar-refractivity contribution in [2.24, 2.45) is 0 Å². The van der Waals surface area contributed by atoms with Crippen molar-refractivity contribution in [1.82, 2.24) is 9.78 Å². The molecule has 1 aromatic heterocycles. The maximum absolute atomic E-state index is 11.3. The predicted molar refractivity (Wildman–Crippen MR) is 100 cm³/mol. The van der Waals surface area contributed by atoms with Crippen LogP contribution in [-0.4, -0.2) is 28.2 Å². The van der Waals surface area contributed by atoms with Crippen LogP contribution in [0.1, 0.15) is 13.3 Å². The zero-order chi connectivity index (χ0) is 17.2. The molecule has 0 aliphatic carbocycles. The molecule has 0 bridgehead atoms. The van der Waals surface area contributed by atoms with Gasteiger partial charge in [0.25, 0.3) is 0 Å². The third kappa shape index (κ3) is 3.01. The van der Waals surface area contributed by atoms with Crippen molar-refractivity contribution in [3.63, 3.8) is 0 Å². The Kier molecular flexibility index (Phi) is 3.98. The molecule has 25 heavy (non-hydrogen) atoms. The lowest BCUT2D eigenvalue weighted by Gasteiger charge is -2.16. The Labute approximate surface area is 146 Å². The molecule has 1 aliphatic rings. The minimum atomic E-state index is -0.175. The molecule has 126 valence electrons. The number of carbonyl (C=O) groups is 1. The molecule has 5 nitrogen and oxygen atoms in total. The Morgan fingerprint density at radius 3 is 2.76 bits per heavy atom. The number of benzene rings is 2. The van der Waals surface area contributed by atoms with E-state index in [2.05, 4.69) is 28.7 Å². The minimum absolute atomic E-state index is 0.175. The number of hydrogen-bond acceptors (Lipinski definition) is 4. The van der Waals surface area contributed by atoms with E-state index in [0.29, 0.717) is 0 Å². The first-order chi connectivity index (χ1) is 12.2.